The van der Waals surface area contributed by atoms with E-state index in [1.54, 1.807) is 25.1 Å². The highest BCUT2D eigenvalue weighted by Crippen LogP contribution is 2.30. The second kappa shape index (κ2) is 10.0. The minimum absolute atomic E-state index is 0.110. The SMILES string of the molecule is Cc1ccc(NC(=O)CSC(C)C(=O)NNC(=O)c2ccc3c(c2)OCCO3)cc1. The monoisotopic (exact) mass is 429 g/mol. The Morgan fingerprint density at radius 1 is 1.00 bits per heavy atom. The molecule has 0 bridgehead atoms. The lowest BCUT2D eigenvalue weighted by Crippen LogP contribution is -2.45. The largest absolute Gasteiger partial charge is 0.486 e. The molecule has 8 nitrogen and oxygen atoms in total. The number of hydrogen-bond donors (Lipinski definition) is 3. The number of ether oxygens (including phenoxy) is 2. The van der Waals surface area contributed by atoms with Gasteiger partial charge in [-0.25, -0.2) is 0 Å². The summed E-state index contributed by atoms with van der Waals surface area (Å²) in [6.07, 6.45) is 0. The molecule has 9 heteroatoms. The number of benzene rings is 2. The summed E-state index contributed by atoms with van der Waals surface area (Å²) < 4.78 is 10.9. The highest BCUT2D eigenvalue weighted by atomic mass is 32.2. The second-order valence-electron chi connectivity index (χ2n) is 6.67. The van der Waals surface area contributed by atoms with Gasteiger partial charge in [0.2, 0.25) is 5.91 Å². The molecule has 0 saturated carbocycles. The maximum absolute atomic E-state index is 12.3. The summed E-state index contributed by atoms with van der Waals surface area (Å²) in [7, 11) is 0. The number of amides is 3. The second-order valence-corrected chi connectivity index (χ2v) is 8.00. The van der Waals surface area contributed by atoms with E-state index in [9.17, 15) is 14.4 Å². The molecule has 158 valence electrons. The molecular weight excluding hydrogens is 406 g/mol. The lowest BCUT2D eigenvalue weighted by atomic mass is 10.2. The number of thioether (sulfide) groups is 1. The first-order valence-corrected chi connectivity index (χ1v) is 10.5. The number of aryl methyl sites for hydroxylation is 1. The third-order valence-corrected chi connectivity index (χ3v) is 5.42. The van der Waals surface area contributed by atoms with Crippen molar-refractivity contribution in [2.75, 3.05) is 24.3 Å². The summed E-state index contributed by atoms with van der Waals surface area (Å²) in [5.41, 5.74) is 6.89. The molecule has 0 aromatic heterocycles. The van der Waals surface area contributed by atoms with Crippen molar-refractivity contribution in [3.05, 3.63) is 53.6 Å². The van der Waals surface area contributed by atoms with Crippen LogP contribution in [-0.2, 0) is 9.59 Å². The normalized spacial score (nSPS) is 13.1. The number of hydrazine groups is 1. The summed E-state index contributed by atoms with van der Waals surface area (Å²) in [5, 5.41) is 2.24. The van der Waals surface area contributed by atoms with Gasteiger partial charge in [0.1, 0.15) is 13.2 Å². The molecule has 3 N–H and O–H groups in total. The smallest absolute Gasteiger partial charge is 0.269 e. The Morgan fingerprint density at radius 2 is 1.70 bits per heavy atom. The van der Waals surface area contributed by atoms with Crippen LogP contribution in [0, 0.1) is 6.92 Å². The van der Waals surface area contributed by atoms with Crippen LogP contribution in [0.3, 0.4) is 0 Å². The van der Waals surface area contributed by atoms with Crippen molar-refractivity contribution in [2.24, 2.45) is 0 Å². The number of fused-ring (bicyclic) bond motifs is 1. The maximum Gasteiger partial charge on any atom is 0.269 e. The molecule has 3 amide bonds. The molecule has 0 saturated heterocycles. The number of carbonyl (C=O) groups is 3. The van der Waals surface area contributed by atoms with Crippen molar-refractivity contribution in [1.82, 2.24) is 10.9 Å². The van der Waals surface area contributed by atoms with Crippen LogP contribution in [0.15, 0.2) is 42.5 Å². The average molecular weight is 429 g/mol. The van der Waals surface area contributed by atoms with Gasteiger partial charge in [-0.15, -0.1) is 11.8 Å². The third-order valence-electron chi connectivity index (χ3n) is 4.27. The predicted octanol–water partition coefficient (Wildman–Crippen LogP) is 2.29. The van der Waals surface area contributed by atoms with Crippen molar-refractivity contribution in [3.63, 3.8) is 0 Å². The number of carbonyl (C=O) groups excluding carboxylic acids is 3. The first-order valence-electron chi connectivity index (χ1n) is 9.40. The quantitative estimate of drug-likeness (QED) is 0.609. The van der Waals surface area contributed by atoms with E-state index in [0.717, 1.165) is 5.56 Å². The fourth-order valence-corrected chi connectivity index (χ4v) is 3.27. The summed E-state index contributed by atoms with van der Waals surface area (Å²) in [6.45, 7) is 4.51. The van der Waals surface area contributed by atoms with Gasteiger partial charge in [-0.1, -0.05) is 17.7 Å². The van der Waals surface area contributed by atoms with Crippen molar-refractivity contribution >= 4 is 35.2 Å². The molecule has 2 aromatic carbocycles. The zero-order valence-corrected chi connectivity index (χ0v) is 17.5. The van der Waals surface area contributed by atoms with E-state index in [4.69, 9.17) is 9.47 Å². The zero-order chi connectivity index (χ0) is 21.5. The molecule has 0 spiro atoms. The molecule has 1 atom stereocenters. The topological polar surface area (TPSA) is 106 Å². The van der Waals surface area contributed by atoms with Crippen LogP contribution < -0.4 is 25.6 Å². The fourth-order valence-electron chi connectivity index (χ4n) is 2.59. The van der Waals surface area contributed by atoms with E-state index < -0.39 is 17.1 Å². The molecule has 1 unspecified atom stereocenters. The Hall–Kier alpha value is -3.20. The first-order chi connectivity index (χ1) is 14.4. The summed E-state index contributed by atoms with van der Waals surface area (Å²) in [5.74, 6) is 0.0884. The Labute approximate surface area is 178 Å². The van der Waals surface area contributed by atoms with Gasteiger partial charge in [0, 0.05) is 11.3 Å². The van der Waals surface area contributed by atoms with Crippen LogP contribution in [-0.4, -0.2) is 41.9 Å². The Kier molecular flexibility index (Phi) is 7.18. The van der Waals surface area contributed by atoms with Crippen LogP contribution in [0.2, 0.25) is 0 Å². The van der Waals surface area contributed by atoms with Gasteiger partial charge in [-0.05, 0) is 44.2 Å². The molecule has 0 fully saturated rings. The molecular formula is C21H23N3O5S. The zero-order valence-electron chi connectivity index (χ0n) is 16.7. The van der Waals surface area contributed by atoms with Gasteiger partial charge >= 0.3 is 0 Å². The number of nitrogens with one attached hydrogen (secondary N) is 3. The van der Waals surface area contributed by atoms with Gasteiger partial charge in [-0.3, -0.25) is 25.2 Å². The molecule has 30 heavy (non-hydrogen) atoms. The maximum atomic E-state index is 12.3. The highest BCUT2D eigenvalue weighted by molar-refractivity contribution is 8.01. The van der Waals surface area contributed by atoms with Crippen molar-refractivity contribution in [1.29, 1.82) is 0 Å². The van der Waals surface area contributed by atoms with Crippen LogP contribution in [0.5, 0.6) is 11.5 Å². The molecule has 1 aliphatic rings. The average Bonchev–Trinajstić information content (AvgIpc) is 2.76. The van der Waals surface area contributed by atoms with E-state index in [0.29, 0.717) is 36.0 Å². The van der Waals surface area contributed by atoms with Gasteiger partial charge in [-0.2, -0.15) is 0 Å². The lowest BCUT2D eigenvalue weighted by Gasteiger charge is -2.19. The van der Waals surface area contributed by atoms with Crippen LogP contribution >= 0.6 is 11.8 Å². The van der Waals surface area contributed by atoms with Crippen LogP contribution in [0.1, 0.15) is 22.8 Å². The van der Waals surface area contributed by atoms with E-state index in [-0.39, 0.29) is 11.7 Å². The Morgan fingerprint density at radius 3 is 2.43 bits per heavy atom. The number of anilines is 1. The van der Waals surface area contributed by atoms with Gasteiger partial charge in [0.05, 0.1) is 11.0 Å². The van der Waals surface area contributed by atoms with Crippen molar-refractivity contribution < 1.29 is 23.9 Å². The van der Waals surface area contributed by atoms with E-state index in [1.165, 1.54) is 11.8 Å². The molecule has 1 aliphatic heterocycles. The molecule has 0 aliphatic carbocycles. The van der Waals surface area contributed by atoms with Gasteiger partial charge in [0.15, 0.2) is 11.5 Å². The minimum atomic E-state index is -0.533. The van der Waals surface area contributed by atoms with E-state index in [2.05, 4.69) is 16.2 Å². The molecule has 1 heterocycles. The number of hydrogen-bond acceptors (Lipinski definition) is 6. The van der Waals surface area contributed by atoms with Crippen molar-refractivity contribution in [2.45, 2.75) is 19.1 Å². The lowest BCUT2D eigenvalue weighted by molar-refractivity contribution is -0.121. The fraction of sp³-hybridized carbons (Fsp3) is 0.286. The van der Waals surface area contributed by atoms with Gasteiger partial charge < -0.3 is 14.8 Å². The van der Waals surface area contributed by atoms with Gasteiger partial charge in [0.25, 0.3) is 11.8 Å². The summed E-state index contributed by atoms with van der Waals surface area (Å²) in [4.78, 5) is 36.5. The first kappa shape index (κ1) is 21.5. The summed E-state index contributed by atoms with van der Waals surface area (Å²) >= 11 is 1.17. The van der Waals surface area contributed by atoms with Crippen molar-refractivity contribution in [3.8, 4) is 11.5 Å². The summed E-state index contributed by atoms with van der Waals surface area (Å²) in [6, 6.07) is 12.2. The molecule has 2 aromatic rings. The standard InChI is InChI=1S/C21H23N3O5S/c1-13-3-6-16(7-4-13)22-19(25)12-30-14(2)20(26)23-24-21(27)15-5-8-17-18(11-15)29-10-9-28-17/h3-8,11,14H,9-10,12H2,1-2H3,(H,22,25)(H,23,26)(H,24,27). The van der Waals surface area contributed by atoms with E-state index >= 15 is 0 Å². The highest BCUT2D eigenvalue weighted by Gasteiger charge is 2.18. The van der Waals surface area contributed by atoms with Crippen LogP contribution in [0.4, 0.5) is 5.69 Å². The molecule has 3 rings (SSSR count). The third kappa shape index (κ3) is 5.90. The molecule has 0 radical (unpaired) electrons. The predicted molar refractivity (Wildman–Crippen MR) is 115 cm³/mol. The van der Waals surface area contributed by atoms with Crippen LogP contribution in [0.25, 0.3) is 0 Å². The van der Waals surface area contributed by atoms with E-state index in [1.807, 2.05) is 31.2 Å². The Balaban J connectivity index is 1.42. The Bertz CT molecular complexity index is 933. The number of rotatable bonds is 6. The minimum Gasteiger partial charge on any atom is -0.486 e.